The number of imidazole rings is 1. The first-order chi connectivity index (χ1) is 11.5. The Kier molecular flexibility index (Phi) is 6.16. The first-order valence-corrected chi connectivity index (χ1v) is 8.18. The zero-order chi connectivity index (χ0) is 17.7. The lowest BCUT2D eigenvalue weighted by Crippen LogP contribution is -2.14. The maximum atomic E-state index is 6.07. The van der Waals surface area contributed by atoms with Crippen molar-refractivity contribution in [1.82, 2.24) is 20.0 Å². The van der Waals surface area contributed by atoms with Crippen molar-refractivity contribution in [1.29, 1.82) is 0 Å². The molecule has 0 unspecified atom stereocenters. The molecule has 7 nitrogen and oxygen atoms in total. The molecule has 0 saturated carbocycles. The summed E-state index contributed by atoms with van der Waals surface area (Å²) in [6.45, 7) is 14.0. The van der Waals surface area contributed by atoms with E-state index in [1.165, 1.54) is 0 Å². The standard InChI is InChI=1S/C17H27N5O2/c1-6-23-10-14-20-15-16(12(4)13(5)19-17(15)18)22(14)8-7-9-24-21-11(2)3/h21H,2,6-10H2,1,3-5H3,(H2,18,19). The van der Waals surface area contributed by atoms with Crippen LogP contribution in [0.25, 0.3) is 11.0 Å². The lowest BCUT2D eigenvalue weighted by Gasteiger charge is -2.12. The van der Waals surface area contributed by atoms with E-state index in [0.717, 1.165) is 46.8 Å². The van der Waals surface area contributed by atoms with Gasteiger partial charge >= 0.3 is 0 Å². The highest BCUT2D eigenvalue weighted by Crippen LogP contribution is 2.26. The Hall–Kier alpha value is -2.12. The molecule has 132 valence electrons. The Bertz CT molecular complexity index is 724. The highest BCUT2D eigenvalue weighted by molar-refractivity contribution is 5.88. The van der Waals surface area contributed by atoms with E-state index in [2.05, 4.69) is 26.6 Å². The van der Waals surface area contributed by atoms with Crippen LogP contribution >= 0.6 is 0 Å². The van der Waals surface area contributed by atoms with Crippen molar-refractivity contribution in [2.45, 2.75) is 47.3 Å². The van der Waals surface area contributed by atoms with Crippen LogP contribution in [-0.2, 0) is 22.7 Å². The highest BCUT2D eigenvalue weighted by atomic mass is 16.6. The summed E-state index contributed by atoms with van der Waals surface area (Å²) in [5, 5.41) is 0. The number of nitrogens with zero attached hydrogens (tertiary/aromatic N) is 3. The second-order valence-corrected chi connectivity index (χ2v) is 5.81. The van der Waals surface area contributed by atoms with Gasteiger partial charge in [0.05, 0.1) is 12.1 Å². The van der Waals surface area contributed by atoms with Gasteiger partial charge in [0.1, 0.15) is 17.9 Å². The van der Waals surface area contributed by atoms with Gasteiger partial charge in [-0.2, -0.15) is 0 Å². The summed E-state index contributed by atoms with van der Waals surface area (Å²) in [5.74, 6) is 1.33. The summed E-state index contributed by atoms with van der Waals surface area (Å²) in [5.41, 5.74) is 13.4. The summed E-state index contributed by atoms with van der Waals surface area (Å²) in [6, 6.07) is 0. The van der Waals surface area contributed by atoms with Gasteiger partial charge < -0.3 is 15.0 Å². The van der Waals surface area contributed by atoms with E-state index < -0.39 is 0 Å². The van der Waals surface area contributed by atoms with Gasteiger partial charge in [-0.1, -0.05) is 6.58 Å². The molecule has 0 radical (unpaired) electrons. The molecule has 0 aliphatic carbocycles. The molecule has 2 aromatic heterocycles. The minimum atomic E-state index is 0.452. The van der Waals surface area contributed by atoms with Gasteiger partial charge in [0.25, 0.3) is 0 Å². The van der Waals surface area contributed by atoms with Crippen LogP contribution in [0.1, 0.15) is 37.4 Å². The Balaban J connectivity index is 2.28. The quantitative estimate of drug-likeness (QED) is 0.542. The largest absolute Gasteiger partial charge is 0.382 e. The minimum absolute atomic E-state index is 0.452. The van der Waals surface area contributed by atoms with E-state index in [9.17, 15) is 0 Å². The van der Waals surface area contributed by atoms with Crippen LogP contribution in [0.15, 0.2) is 12.3 Å². The summed E-state index contributed by atoms with van der Waals surface area (Å²) in [7, 11) is 0. The lowest BCUT2D eigenvalue weighted by molar-refractivity contribution is 0.0589. The van der Waals surface area contributed by atoms with Crippen molar-refractivity contribution >= 4 is 16.9 Å². The van der Waals surface area contributed by atoms with Gasteiger partial charge in [0.15, 0.2) is 5.82 Å². The zero-order valence-electron chi connectivity index (χ0n) is 15.0. The monoisotopic (exact) mass is 333 g/mol. The van der Waals surface area contributed by atoms with E-state index in [1.54, 1.807) is 0 Å². The second-order valence-electron chi connectivity index (χ2n) is 5.81. The van der Waals surface area contributed by atoms with Crippen LogP contribution in [0.2, 0.25) is 0 Å². The third-order valence-electron chi connectivity index (χ3n) is 3.79. The molecule has 3 N–H and O–H groups in total. The number of pyridine rings is 1. The van der Waals surface area contributed by atoms with E-state index in [4.69, 9.17) is 15.3 Å². The van der Waals surface area contributed by atoms with Crippen LogP contribution in [0.5, 0.6) is 0 Å². The Morgan fingerprint density at radius 3 is 2.75 bits per heavy atom. The van der Waals surface area contributed by atoms with Gasteiger partial charge in [0.2, 0.25) is 0 Å². The lowest BCUT2D eigenvalue weighted by atomic mass is 10.2. The number of nitrogens with one attached hydrogen (secondary N) is 1. The molecular formula is C17H27N5O2. The van der Waals surface area contributed by atoms with E-state index in [-0.39, 0.29) is 0 Å². The number of anilines is 1. The molecule has 24 heavy (non-hydrogen) atoms. The second kappa shape index (κ2) is 8.12. The molecule has 0 saturated heterocycles. The number of hydrogen-bond donors (Lipinski definition) is 2. The third-order valence-corrected chi connectivity index (χ3v) is 3.79. The van der Waals surface area contributed by atoms with Gasteiger partial charge in [-0.3, -0.25) is 10.3 Å². The molecule has 2 rings (SSSR count). The molecule has 2 aromatic rings. The van der Waals surface area contributed by atoms with Crippen molar-refractivity contribution in [3.8, 4) is 0 Å². The van der Waals surface area contributed by atoms with Crippen LogP contribution in [0.3, 0.4) is 0 Å². The van der Waals surface area contributed by atoms with Crippen LogP contribution in [0, 0.1) is 13.8 Å². The number of fused-ring (bicyclic) bond motifs is 1. The molecule has 7 heteroatoms. The topological polar surface area (TPSA) is 87.2 Å². The molecule has 0 bridgehead atoms. The smallest absolute Gasteiger partial charge is 0.151 e. The zero-order valence-corrected chi connectivity index (χ0v) is 15.0. The number of hydrogen-bond acceptors (Lipinski definition) is 6. The van der Waals surface area contributed by atoms with Crippen molar-refractivity contribution < 1.29 is 9.57 Å². The predicted molar refractivity (Wildman–Crippen MR) is 95.3 cm³/mol. The van der Waals surface area contributed by atoms with Gasteiger partial charge in [-0.25, -0.2) is 9.97 Å². The molecule has 0 atom stereocenters. The van der Waals surface area contributed by atoms with Gasteiger partial charge in [0, 0.05) is 24.5 Å². The van der Waals surface area contributed by atoms with E-state index in [0.29, 0.717) is 25.6 Å². The first kappa shape index (κ1) is 18.2. The Labute approximate surface area is 142 Å². The highest BCUT2D eigenvalue weighted by Gasteiger charge is 2.17. The molecule has 0 fully saturated rings. The minimum Gasteiger partial charge on any atom is -0.382 e. The fourth-order valence-corrected chi connectivity index (χ4v) is 2.56. The molecule has 0 aromatic carbocycles. The molecule has 0 spiro atoms. The number of rotatable bonds is 9. The maximum absolute atomic E-state index is 6.07. The van der Waals surface area contributed by atoms with E-state index in [1.807, 2.05) is 27.7 Å². The summed E-state index contributed by atoms with van der Waals surface area (Å²) < 4.78 is 7.72. The molecule has 0 aliphatic rings. The average molecular weight is 333 g/mol. The molecular weight excluding hydrogens is 306 g/mol. The predicted octanol–water partition coefficient (Wildman–Crippen LogP) is 2.61. The summed E-state index contributed by atoms with van der Waals surface area (Å²) in [6.07, 6.45) is 0.825. The van der Waals surface area contributed by atoms with Crippen molar-refractivity contribution in [3.05, 3.63) is 29.4 Å². The fraction of sp³-hybridized carbons (Fsp3) is 0.529. The molecule has 0 aliphatic heterocycles. The van der Waals surface area contributed by atoms with Gasteiger partial charge in [-0.05, 0) is 39.7 Å². The van der Waals surface area contributed by atoms with Crippen LogP contribution in [-0.4, -0.2) is 27.7 Å². The van der Waals surface area contributed by atoms with Crippen molar-refractivity contribution in [3.63, 3.8) is 0 Å². The number of nitrogen functional groups attached to an aromatic ring is 1. The number of hydroxylamine groups is 1. The first-order valence-electron chi connectivity index (χ1n) is 8.18. The third kappa shape index (κ3) is 4.04. The summed E-state index contributed by atoms with van der Waals surface area (Å²) >= 11 is 0. The SMILES string of the molecule is C=C(C)NOCCCn1c(COCC)nc2c(N)nc(C)c(C)c21. The summed E-state index contributed by atoms with van der Waals surface area (Å²) in [4.78, 5) is 14.4. The maximum Gasteiger partial charge on any atom is 0.151 e. The number of allylic oxidation sites excluding steroid dienone is 1. The fourth-order valence-electron chi connectivity index (χ4n) is 2.56. The van der Waals surface area contributed by atoms with E-state index >= 15 is 0 Å². The van der Waals surface area contributed by atoms with Crippen LogP contribution in [0.4, 0.5) is 5.82 Å². The number of aryl methyl sites for hydroxylation is 3. The van der Waals surface area contributed by atoms with Crippen molar-refractivity contribution in [2.75, 3.05) is 18.9 Å². The Morgan fingerprint density at radius 2 is 2.08 bits per heavy atom. The molecule has 2 heterocycles. The van der Waals surface area contributed by atoms with Crippen LogP contribution < -0.4 is 11.2 Å². The average Bonchev–Trinajstić information content (AvgIpc) is 2.89. The number of aromatic nitrogens is 3. The normalized spacial score (nSPS) is 11.2. The van der Waals surface area contributed by atoms with Gasteiger partial charge in [-0.15, -0.1) is 0 Å². The van der Waals surface area contributed by atoms with Crippen molar-refractivity contribution in [2.24, 2.45) is 0 Å². The number of nitrogens with two attached hydrogens (primary N) is 1. The Morgan fingerprint density at radius 1 is 1.33 bits per heavy atom. The molecule has 0 amide bonds. The number of ether oxygens (including phenoxy) is 1.